The van der Waals surface area contributed by atoms with Gasteiger partial charge in [0.15, 0.2) is 0 Å². The van der Waals surface area contributed by atoms with Crippen LogP contribution in [0.2, 0.25) is 0 Å². The summed E-state index contributed by atoms with van der Waals surface area (Å²) in [5.41, 5.74) is 8.88. The molecule has 7 heteroatoms. The average Bonchev–Trinajstić information content (AvgIpc) is 2.78. The fraction of sp³-hybridized carbons (Fsp3) is 0.462. The Morgan fingerprint density at radius 3 is 3.10 bits per heavy atom. The summed E-state index contributed by atoms with van der Waals surface area (Å²) in [6.45, 7) is 2.92. The number of hydrogen-bond acceptors (Lipinski definition) is 3. The van der Waals surface area contributed by atoms with Gasteiger partial charge in [-0.05, 0) is 30.5 Å². The lowest BCUT2D eigenvalue weighted by molar-refractivity contribution is -0.117. The van der Waals surface area contributed by atoms with Gasteiger partial charge in [-0.25, -0.2) is 4.39 Å². The molecule has 106 valence electrons. The van der Waals surface area contributed by atoms with Crippen LogP contribution in [0.15, 0.2) is 23.3 Å². The monoisotopic (exact) mass is 278 g/mol. The maximum Gasteiger partial charge on any atom is 0.227 e. The predicted octanol–water partition coefficient (Wildman–Crippen LogP) is 2.89. The quantitative estimate of drug-likeness (QED) is 0.471. The van der Waals surface area contributed by atoms with E-state index in [9.17, 15) is 9.18 Å². The first kappa shape index (κ1) is 14.1. The van der Waals surface area contributed by atoms with E-state index in [1.807, 2.05) is 0 Å². The van der Waals surface area contributed by atoms with Gasteiger partial charge in [0.2, 0.25) is 5.91 Å². The zero-order valence-electron chi connectivity index (χ0n) is 11.1. The molecule has 1 unspecified atom stereocenters. The Bertz CT molecular complexity index is 557. The molecule has 1 aromatic carbocycles. The van der Waals surface area contributed by atoms with E-state index < -0.39 is 5.82 Å². The summed E-state index contributed by atoms with van der Waals surface area (Å²) in [5, 5.41) is 3.50. The minimum atomic E-state index is -0.408. The number of carbonyl (C=O) groups excluding carboxylic acids is 1. The third-order valence-electron chi connectivity index (χ3n) is 3.12. The third-order valence-corrected chi connectivity index (χ3v) is 3.12. The van der Waals surface area contributed by atoms with Crippen molar-refractivity contribution in [2.24, 2.45) is 11.0 Å². The van der Waals surface area contributed by atoms with Crippen LogP contribution < -0.4 is 9.64 Å². The first-order valence-corrected chi connectivity index (χ1v) is 6.39. The van der Waals surface area contributed by atoms with E-state index in [4.69, 9.17) is 10.3 Å². The molecule has 0 saturated carbocycles. The van der Waals surface area contributed by atoms with Gasteiger partial charge in [-0.1, -0.05) is 5.11 Å². The number of nitrogens with zero attached hydrogens (tertiary/aromatic N) is 4. The molecule has 20 heavy (non-hydrogen) atoms. The zero-order chi connectivity index (χ0) is 14.5. The van der Waals surface area contributed by atoms with Crippen molar-refractivity contribution in [3.63, 3.8) is 0 Å². The highest BCUT2D eigenvalue weighted by Gasteiger charge is 2.31. The minimum Gasteiger partial charge on any atom is -0.492 e. The summed E-state index contributed by atoms with van der Waals surface area (Å²) in [6, 6.07) is 4.10. The number of azide groups is 1. The molecule has 1 aliphatic heterocycles. The van der Waals surface area contributed by atoms with Gasteiger partial charge in [-0.2, -0.15) is 0 Å². The second-order valence-corrected chi connectivity index (χ2v) is 4.53. The topological polar surface area (TPSA) is 78.3 Å². The van der Waals surface area contributed by atoms with Gasteiger partial charge in [0.25, 0.3) is 0 Å². The van der Waals surface area contributed by atoms with Crippen molar-refractivity contribution in [2.45, 2.75) is 13.3 Å². The predicted molar refractivity (Wildman–Crippen MR) is 72.0 cm³/mol. The van der Waals surface area contributed by atoms with Crippen molar-refractivity contribution in [1.29, 1.82) is 0 Å². The highest BCUT2D eigenvalue weighted by atomic mass is 19.1. The maximum atomic E-state index is 13.3. The molecule has 0 aromatic heterocycles. The van der Waals surface area contributed by atoms with E-state index in [1.165, 1.54) is 18.2 Å². The van der Waals surface area contributed by atoms with Crippen LogP contribution in [0.3, 0.4) is 0 Å². The van der Waals surface area contributed by atoms with Gasteiger partial charge in [-0.15, -0.1) is 0 Å². The fourth-order valence-electron chi connectivity index (χ4n) is 2.27. The second kappa shape index (κ2) is 6.25. The number of rotatable bonds is 5. The largest absolute Gasteiger partial charge is 0.492 e. The molecule has 0 bridgehead atoms. The number of benzene rings is 1. The summed E-state index contributed by atoms with van der Waals surface area (Å²) < 4.78 is 18.6. The van der Waals surface area contributed by atoms with Crippen LogP contribution in [-0.4, -0.2) is 25.6 Å². The molecule has 2 rings (SSSR count). The Labute approximate surface area is 115 Å². The van der Waals surface area contributed by atoms with E-state index in [2.05, 4.69) is 10.0 Å². The summed E-state index contributed by atoms with van der Waals surface area (Å²) in [4.78, 5) is 16.3. The molecule has 1 aliphatic rings. The summed E-state index contributed by atoms with van der Waals surface area (Å²) >= 11 is 0. The van der Waals surface area contributed by atoms with Crippen molar-refractivity contribution < 1.29 is 13.9 Å². The number of carbonyl (C=O) groups is 1. The molecule has 1 heterocycles. The molecule has 6 nitrogen and oxygen atoms in total. The van der Waals surface area contributed by atoms with Gasteiger partial charge in [0.1, 0.15) is 11.6 Å². The van der Waals surface area contributed by atoms with E-state index in [1.54, 1.807) is 11.8 Å². The Hall–Kier alpha value is -2.27. The van der Waals surface area contributed by atoms with Crippen LogP contribution in [0.25, 0.3) is 10.4 Å². The lowest BCUT2D eigenvalue weighted by atomic mass is 10.1. The molecule has 1 saturated heterocycles. The van der Waals surface area contributed by atoms with Crippen LogP contribution in [0.4, 0.5) is 10.1 Å². The number of ether oxygens (including phenoxy) is 1. The Morgan fingerprint density at radius 2 is 2.40 bits per heavy atom. The molecule has 0 N–H and O–H groups in total. The SMILES string of the molecule is CCOc1cc(F)ccc1N1CC(CN=[N+]=[N-])CC1=O. The fourth-order valence-corrected chi connectivity index (χ4v) is 2.27. The number of halogens is 1. The van der Waals surface area contributed by atoms with E-state index in [0.29, 0.717) is 31.0 Å². The van der Waals surface area contributed by atoms with Gasteiger partial charge in [0, 0.05) is 30.5 Å². The van der Waals surface area contributed by atoms with Gasteiger partial charge in [0.05, 0.1) is 12.3 Å². The molecule has 1 atom stereocenters. The minimum absolute atomic E-state index is 0.0158. The highest BCUT2D eigenvalue weighted by molar-refractivity contribution is 5.97. The highest BCUT2D eigenvalue weighted by Crippen LogP contribution is 2.33. The lowest BCUT2D eigenvalue weighted by Gasteiger charge is -2.20. The maximum absolute atomic E-state index is 13.3. The van der Waals surface area contributed by atoms with Gasteiger partial charge < -0.3 is 9.64 Å². The smallest absolute Gasteiger partial charge is 0.227 e. The van der Waals surface area contributed by atoms with Crippen LogP contribution in [0.5, 0.6) is 5.75 Å². The molecule has 0 aliphatic carbocycles. The first-order chi connectivity index (χ1) is 9.65. The molecule has 1 amide bonds. The van der Waals surface area contributed by atoms with Crippen molar-refractivity contribution in [3.8, 4) is 5.75 Å². The summed E-state index contributed by atoms with van der Waals surface area (Å²) in [6.07, 6.45) is 0.321. The Morgan fingerprint density at radius 1 is 1.60 bits per heavy atom. The Kier molecular flexibility index (Phi) is 4.42. The van der Waals surface area contributed by atoms with Crippen molar-refractivity contribution in [3.05, 3.63) is 34.5 Å². The number of anilines is 1. The van der Waals surface area contributed by atoms with Crippen LogP contribution in [0.1, 0.15) is 13.3 Å². The number of amides is 1. The van der Waals surface area contributed by atoms with Gasteiger partial charge >= 0.3 is 0 Å². The lowest BCUT2D eigenvalue weighted by Crippen LogP contribution is -2.25. The summed E-state index contributed by atoms with van der Waals surface area (Å²) in [5.74, 6) is -0.145. The molecular weight excluding hydrogens is 263 g/mol. The van der Waals surface area contributed by atoms with Crippen LogP contribution in [-0.2, 0) is 4.79 Å². The summed E-state index contributed by atoms with van der Waals surface area (Å²) in [7, 11) is 0. The van der Waals surface area contributed by atoms with Crippen LogP contribution in [0, 0.1) is 11.7 Å². The molecule has 0 radical (unpaired) electrons. The van der Waals surface area contributed by atoms with Gasteiger partial charge in [-0.3, -0.25) is 4.79 Å². The van der Waals surface area contributed by atoms with E-state index in [0.717, 1.165) is 0 Å². The van der Waals surface area contributed by atoms with Crippen molar-refractivity contribution in [2.75, 3.05) is 24.6 Å². The van der Waals surface area contributed by atoms with E-state index >= 15 is 0 Å². The van der Waals surface area contributed by atoms with Crippen molar-refractivity contribution in [1.82, 2.24) is 0 Å². The zero-order valence-corrected chi connectivity index (χ0v) is 11.1. The number of hydrogen-bond donors (Lipinski definition) is 0. The Balaban J connectivity index is 2.23. The molecule has 1 aromatic rings. The normalized spacial score (nSPS) is 18.0. The molecular formula is C13H15FN4O2. The van der Waals surface area contributed by atoms with E-state index in [-0.39, 0.29) is 18.4 Å². The van der Waals surface area contributed by atoms with Crippen molar-refractivity contribution >= 4 is 11.6 Å². The third kappa shape index (κ3) is 3.00. The average molecular weight is 278 g/mol. The van der Waals surface area contributed by atoms with Crippen LogP contribution >= 0.6 is 0 Å². The molecule has 0 spiro atoms. The standard InChI is InChI=1S/C13H15FN4O2/c1-2-20-12-6-10(14)3-4-11(12)18-8-9(5-13(18)19)7-16-17-15/h3-4,6,9H,2,5,7-8H2,1H3. The second-order valence-electron chi connectivity index (χ2n) is 4.53. The first-order valence-electron chi connectivity index (χ1n) is 6.39. The molecule has 1 fully saturated rings.